The maximum absolute atomic E-state index is 9.87. The van der Waals surface area contributed by atoms with Gasteiger partial charge in [0.25, 0.3) is 0 Å². The van der Waals surface area contributed by atoms with Gasteiger partial charge < -0.3 is 15.6 Å². The van der Waals surface area contributed by atoms with Crippen molar-refractivity contribution in [2.24, 2.45) is 5.73 Å². The van der Waals surface area contributed by atoms with Crippen molar-refractivity contribution < 1.29 is 9.84 Å². The smallest absolute Gasteiger partial charge is 0.160 e. The van der Waals surface area contributed by atoms with E-state index in [9.17, 15) is 5.11 Å². The standard InChI is InChI=1S/C18H24N2O2/c1-22-18-8-7-16(13-17(18)21)14-20(12-10-19)11-9-15-5-3-2-4-6-15/h2-8,13,21H,9-12,14,19H2,1H3. The molecule has 0 amide bonds. The Kier molecular flexibility index (Phi) is 6.25. The fourth-order valence-electron chi connectivity index (χ4n) is 2.48. The van der Waals surface area contributed by atoms with Gasteiger partial charge in [-0.2, -0.15) is 0 Å². The lowest BCUT2D eigenvalue weighted by molar-refractivity contribution is 0.275. The van der Waals surface area contributed by atoms with E-state index in [-0.39, 0.29) is 5.75 Å². The van der Waals surface area contributed by atoms with Crippen molar-refractivity contribution in [1.29, 1.82) is 0 Å². The number of aromatic hydroxyl groups is 1. The van der Waals surface area contributed by atoms with Crippen LogP contribution in [0.15, 0.2) is 48.5 Å². The number of hydrogen-bond donors (Lipinski definition) is 2. The van der Waals surface area contributed by atoms with Crippen LogP contribution in [-0.2, 0) is 13.0 Å². The molecule has 0 radical (unpaired) electrons. The highest BCUT2D eigenvalue weighted by atomic mass is 16.5. The van der Waals surface area contributed by atoms with Crippen LogP contribution in [0.25, 0.3) is 0 Å². The highest BCUT2D eigenvalue weighted by molar-refractivity contribution is 5.41. The summed E-state index contributed by atoms with van der Waals surface area (Å²) in [5.74, 6) is 0.675. The second-order valence-corrected chi connectivity index (χ2v) is 5.31. The molecule has 4 nitrogen and oxygen atoms in total. The summed E-state index contributed by atoms with van der Waals surface area (Å²) in [7, 11) is 1.55. The number of phenolic OH excluding ortho intramolecular Hbond substituents is 1. The molecule has 0 aromatic heterocycles. The van der Waals surface area contributed by atoms with Crippen molar-refractivity contribution >= 4 is 0 Å². The first-order valence-electron chi connectivity index (χ1n) is 7.55. The molecule has 2 aromatic rings. The van der Waals surface area contributed by atoms with Crippen LogP contribution < -0.4 is 10.5 Å². The van der Waals surface area contributed by atoms with Crippen molar-refractivity contribution in [1.82, 2.24) is 4.90 Å². The third kappa shape index (κ3) is 4.76. The van der Waals surface area contributed by atoms with Gasteiger partial charge in [-0.1, -0.05) is 36.4 Å². The fourth-order valence-corrected chi connectivity index (χ4v) is 2.48. The molecule has 0 saturated heterocycles. The van der Waals surface area contributed by atoms with Crippen molar-refractivity contribution in [2.75, 3.05) is 26.7 Å². The largest absolute Gasteiger partial charge is 0.504 e. The van der Waals surface area contributed by atoms with E-state index in [1.807, 2.05) is 12.1 Å². The summed E-state index contributed by atoms with van der Waals surface area (Å²) in [6.45, 7) is 3.16. The monoisotopic (exact) mass is 300 g/mol. The lowest BCUT2D eigenvalue weighted by Crippen LogP contribution is -2.31. The SMILES string of the molecule is COc1ccc(CN(CCN)CCc2ccccc2)cc1O. The molecule has 2 rings (SSSR count). The second-order valence-electron chi connectivity index (χ2n) is 5.31. The van der Waals surface area contributed by atoms with E-state index < -0.39 is 0 Å². The minimum absolute atomic E-state index is 0.177. The summed E-state index contributed by atoms with van der Waals surface area (Å²) in [5, 5.41) is 9.87. The molecule has 22 heavy (non-hydrogen) atoms. The van der Waals surface area contributed by atoms with Crippen LogP contribution >= 0.6 is 0 Å². The predicted molar refractivity (Wildman–Crippen MR) is 89.1 cm³/mol. The van der Waals surface area contributed by atoms with Gasteiger partial charge in [-0.05, 0) is 29.7 Å². The van der Waals surface area contributed by atoms with E-state index >= 15 is 0 Å². The van der Waals surface area contributed by atoms with Crippen LogP contribution in [0, 0.1) is 0 Å². The quantitative estimate of drug-likeness (QED) is 0.786. The molecule has 0 spiro atoms. The summed E-state index contributed by atoms with van der Waals surface area (Å²) in [6, 6.07) is 16.0. The summed E-state index contributed by atoms with van der Waals surface area (Å²) >= 11 is 0. The zero-order valence-corrected chi connectivity index (χ0v) is 13.0. The molecular weight excluding hydrogens is 276 g/mol. The van der Waals surface area contributed by atoms with E-state index in [0.717, 1.165) is 31.6 Å². The highest BCUT2D eigenvalue weighted by Gasteiger charge is 2.08. The van der Waals surface area contributed by atoms with E-state index in [4.69, 9.17) is 10.5 Å². The maximum atomic E-state index is 9.87. The van der Waals surface area contributed by atoms with Crippen molar-refractivity contribution in [3.05, 3.63) is 59.7 Å². The topological polar surface area (TPSA) is 58.7 Å². The third-order valence-corrected chi connectivity index (χ3v) is 3.65. The lowest BCUT2D eigenvalue weighted by Gasteiger charge is -2.22. The van der Waals surface area contributed by atoms with Gasteiger partial charge in [0.15, 0.2) is 11.5 Å². The minimum Gasteiger partial charge on any atom is -0.504 e. The van der Waals surface area contributed by atoms with Crippen LogP contribution in [0.5, 0.6) is 11.5 Å². The minimum atomic E-state index is 0.177. The molecule has 0 saturated carbocycles. The maximum Gasteiger partial charge on any atom is 0.160 e. The molecule has 0 fully saturated rings. The molecule has 4 heteroatoms. The Morgan fingerprint density at radius 3 is 2.45 bits per heavy atom. The fraction of sp³-hybridized carbons (Fsp3) is 0.333. The summed E-state index contributed by atoms with van der Waals surface area (Å²) in [5.41, 5.74) is 8.09. The van der Waals surface area contributed by atoms with Crippen LogP contribution in [0.1, 0.15) is 11.1 Å². The van der Waals surface area contributed by atoms with Gasteiger partial charge in [-0.3, -0.25) is 4.90 Å². The Morgan fingerprint density at radius 2 is 1.82 bits per heavy atom. The summed E-state index contributed by atoms with van der Waals surface area (Å²) in [6.07, 6.45) is 0.989. The zero-order chi connectivity index (χ0) is 15.8. The lowest BCUT2D eigenvalue weighted by atomic mass is 10.1. The van der Waals surface area contributed by atoms with Crippen LogP contribution in [0.3, 0.4) is 0 Å². The third-order valence-electron chi connectivity index (χ3n) is 3.65. The van der Waals surface area contributed by atoms with Gasteiger partial charge in [0.2, 0.25) is 0 Å². The van der Waals surface area contributed by atoms with Gasteiger partial charge >= 0.3 is 0 Å². The molecule has 0 atom stereocenters. The molecular formula is C18H24N2O2. The van der Waals surface area contributed by atoms with E-state index in [2.05, 4.69) is 29.2 Å². The van der Waals surface area contributed by atoms with Crippen molar-refractivity contribution in [3.8, 4) is 11.5 Å². The van der Waals surface area contributed by atoms with Gasteiger partial charge in [0.05, 0.1) is 7.11 Å². The molecule has 0 bridgehead atoms. The number of rotatable bonds is 8. The highest BCUT2D eigenvalue weighted by Crippen LogP contribution is 2.26. The van der Waals surface area contributed by atoms with E-state index in [1.54, 1.807) is 19.2 Å². The van der Waals surface area contributed by atoms with Crippen molar-refractivity contribution in [2.45, 2.75) is 13.0 Å². The molecule has 0 aliphatic heterocycles. The molecule has 2 aromatic carbocycles. The van der Waals surface area contributed by atoms with Crippen LogP contribution in [0.2, 0.25) is 0 Å². The molecule has 3 N–H and O–H groups in total. The zero-order valence-electron chi connectivity index (χ0n) is 13.0. The average molecular weight is 300 g/mol. The van der Waals surface area contributed by atoms with Gasteiger partial charge in [-0.15, -0.1) is 0 Å². The Bertz CT molecular complexity index is 573. The first-order valence-corrected chi connectivity index (χ1v) is 7.55. The molecule has 0 aliphatic rings. The Balaban J connectivity index is 1.97. The van der Waals surface area contributed by atoms with Gasteiger partial charge in [-0.25, -0.2) is 0 Å². The number of nitrogens with two attached hydrogens (primary N) is 1. The summed E-state index contributed by atoms with van der Waals surface area (Å²) in [4.78, 5) is 2.30. The Morgan fingerprint density at radius 1 is 1.05 bits per heavy atom. The van der Waals surface area contributed by atoms with Crippen molar-refractivity contribution in [3.63, 3.8) is 0 Å². The molecule has 118 valence electrons. The van der Waals surface area contributed by atoms with Gasteiger partial charge in [0, 0.05) is 26.2 Å². The molecule has 0 unspecified atom stereocenters. The Labute approximate surface area is 132 Å². The number of benzene rings is 2. The predicted octanol–water partition coefficient (Wildman–Crippen LogP) is 2.40. The second kappa shape index (κ2) is 8.41. The number of hydrogen-bond acceptors (Lipinski definition) is 4. The number of phenols is 1. The van der Waals surface area contributed by atoms with E-state index in [0.29, 0.717) is 12.3 Å². The molecule has 0 aliphatic carbocycles. The van der Waals surface area contributed by atoms with Gasteiger partial charge in [0.1, 0.15) is 0 Å². The number of methoxy groups -OCH3 is 1. The average Bonchev–Trinajstić information content (AvgIpc) is 2.54. The number of nitrogens with zero attached hydrogens (tertiary/aromatic N) is 1. The van der Waals surface area contributed by atoms with Crippen LogP contribution in [-0.4, -0.2) is 36.8 Å². The molecule has 0 heterocycles. The number of ether oxygens (including phenoxy) is 1. The Hall–Kier alpha value is -2.04. The summed E-state index contributed by atoms with van der Waals surface area (Å²) < 4.78 is 5.07. The van der Waals surface area contributed by atoms with E-state index in [1.165, 1.54) is 5.56 Å². The normalized spacial score (nSPS) is 10.9. The van der Waals surface area contributed by atoms with Crippen LogP contribution in [0.4, 0.5) is 0 Å². The first-order chi connectivity index (χ1) is 10.7. The first kappa shape index (κ1) is 16.3.